The fourth-order valence-corrected chi connectivity index (χ4v) is 8.00. The van der Waals surface area contributed by atoms with Crippen LogP contribution in [0, 0.1) is 0 Å². The minimum atomic E-state index is -0.164. The summed E-state index contributed by atoms with van der Waals surface area (Å²) in [4.78, 5) is 27.3. The fraction of sp³-hybridized carbons (Fsp3) is 0.964. The first kappa shape index (κ1) is 63.7. The molecule has 0 bridgehead atoms. The Morgan fingerprint density at radius 1 is 0.354 bits per heavy atom. The zero-order valence-corrected chi connectivity index (χ0v) is 43.5. The van der Waals surface area contributed by atoms with Crippen LogP contribution in [0.25, 0.3) is 0 Å². The van der Waals surface area contributed by atoms with Crippen molar-refractivity contribution in [2.24, 2.45) is 0 Å². The molecule has 10 nitrogen and oxygen atoms in total. The Balaban J connectivity index is 4.10. The number of carbonyl (C=O) groups is 2. The van der Waals surface area contributed by atoms with E-state index in [2.05, 4.69) is 32.6 Å². The smallest absolute Gasteiger partial charge is 0.305 e. The van der Waals surface area contributed by atoms with E-state index in [1.807, 2.05) is 0 Å². The molecule has 0 aromatic rings. The van der Waals surface area contributed by atoms with E-state index in [1.165, 1.54) is 103 Å². The van der Waals surface area contributed by atoms with Crippen molar-refractivity contribution in [3.8, 4) is 0 Å². The summed E-state index contributed by atoms with van der Waals surface area (Å²) in [6.07, 6.45) is 39.2. The van der Waals surface area contributed by atoms with Crippen LogP contribution in [-0.4, -0.2) is 100 Å². The summed E-state index contributed by atoms with van der Waals surface area (Å²) in [6, 6.07) is 0. The maximum absolute atomic E-state index is 12.4. The van der Waals surface area contributed by atoms with Gasteiger partial charge in [0.15, 0.2) is 12.6 Å². The average molecular weight is 928 g/mol. The molecule has 0 spiro atoms. The van der Waals surface area contributed by atoms with Crippen molar-refractivity contribution in [3.63, 3.8) is 0 Å². The summed E-state index contributed by atoms with van der Waals surface area (Å²) < 4.78 is 35.6. The molecule has 0 atom stereocenters. The lowest BCUT2D eigenvalue weighted by Crippen LogP contribution is -2.28. The van der Waals surface area contributed by atoms with Gasteiger partial charge in [0, 0.05) is 52.4 Å². The number of nitrogens with zero attached hydrogens (tertiary/aromatic N) is 1. The largest absolute Gasteiger partial charge is 0.466 e. The molecule has 0 amide bonds. The van der Waals surface area contributed by atoms with Crippen LogP contribution in [0.5, 0.6) is 0 Å². The van der Waals surface area contributed by atoms with Crippen LogP contribution in [-0.2, 0) is 38.0 Å². The topological polar surface area (TPSA) is 113 Å². The molecule has 0 aromatic carbocycles. The van der Waals surface area contributed by atoms with Crippen molar-refractivity contribution in [2.75, 3.05) is 65.9 Å². The van der Waals surface area contributed by atoms with E-state index in [4.69, 9.17) is 28.4 Å². The van der Waals surface area contributed by atoms with Crippen LogP contribution < -0.4 is 0 Å². The molecule has 1 N–H and O–H groups in total. The third-order valence-electron chi connectivity index (χ3n) is 12.2. The Labute approximate surface area is 402 Å². The van der Waals surface area contributed by atoms with Gasteiger partial charge in [-0.1, -0.05) is 156 Å². The fourth-order valence-electron chi connectivity index (χ4n) is 8.00. The van der Waals surface area contributed by atoms with E-state index in [-0.39, 0.29) is 31.1 Å². The van der Waals surface area contributed by atoms with Gasteiger partial charge in [0.05, 0.1) is 13.2 Å². The van der Waals surface area contributed by atoms with Gasteiger partial charge in [-0.2, -0.15) is 0 Å². The van der Waals surface area contributed by atoms with Crippen molar-refractivity contribution >= 4 is 11.9 Å². The minimum Gasteiger partial charge on any atom is -0.466 e. The molecule has 0 fully saturated rings. The van der Waals surface area contributed by atoms with Crippen LogP contribution in [0.2, 0.25) is 0 Å². The lowest BCUT2D eigenvalue weighted by atomic mass is 10.1. The average Bonchev–Trinajstić information content (AvgIpc) is 3.31. The maximum Gasteiger partial charge on any atom is 0.305 e. The van der Waals surface area contributed by atoms with Gasteiger partial charge < -0.3 is 38.4 Å². The van der Waals surface area contributed by atoms with Gasteiger partial charge in [0.25, 0.3) is 0 Å². The Bertz CT molecular complexity index is 854. The number of rotatable bonds is 55. The van der Waals surface area contributed by atoms with Gasteiger partial charge in [-0.05, 0) is 109 Å². The van der Waals surface area contributed by atoms with Crippen molar-refractivity contribution in [1.29, 1.82) is 0 Å². The summed E-state index contributed by atoms with van der Waals surface area (Å²) in [5.41, 5.74) is 0. The lowest BCUT2D eigenvalue weighted by molar-refractivity contribution is -0.149. The standard InChI is InChI=1S/C55H109NO9/c1-5-9-13-19-33-48-62-54(63-49-34-20-14-10-6-2)40-27-25-38-52(58)60-46-31-23-17-29-42-56(44-37-45-57)43-30-18-24-32-47-61-53(59)39-26-28-41-55(64-50-35-21-15-11-7-3)65-51-36-22-16-12-8-4/h54-55,57H,5-51H2,1-4H3. The Kier molecular flexibility index (Phi) is 52.6. The second kappa shape index (κ2) is 53.7. The SMILES string of the molecule is CCCCCCCOC(CCCCC(=O)OCCCCCCN(CCCO)CCCCCCOC(=O)CCCCC(OCCCCCCC)OCCCCCCC)OCCCCCCC. The van der Waals surface area contributed by atoms with E-state index in [0.29, 0.717) is 26.1 Å². The van der Waals surface area contributed by atoms with E-state index in [0.717, 1.165) is 168 Å². The number of esters is 2. The summed E-state index contributed by atoms with van der Waals surface area (Å²) in [5.74, 6) is -0.191. The first-order valence-corrected chi connectivity index (χ1v) is 28.1. The molecular weight excluding hydrogens is 819 g/mol. The monoisotopic (exact) mass is 928 g/mol. The van der Waals surface area contributed by atoms with E-state index >= 15 is 0 Å². The number of hydrogen-bond acceptors (Lipinski definition) is 10. The molecule has 0 saturated heterocycles. The predicted octanol–water partition coefficient (Wildman–Crippen LogP) is 14.6. The number of hydrogen-bond donors (Lipinski definition) is 1. The van der Waals surface area contributed by atoms with Crippen LogP contribution >= 0.6 is 0 Å². The molecule has 0 heterocycles. The maximum atomic E-state index is 12.4. The first-order chi connectivity index (χ1) is 32.0. The minimum absolute atomic E-state index is 0.0955. The lowest BCUT2D eigenvalue weighted by Gasteiger charge is -2.22. The highest BCUT2D eigenvalue weighted by Gasteiger charge is 2.13. The second-order valence-corrected chi connectivity index (χ2v) is 18.7. The Hall–Kier alpha value is -1.30. The molecular formula is C55H109NO9. The highest BCUT2D eigenvalue weighted by atomic mass is 16.7. The highest BCUT2D eigenvalue weighted by Crippen LogP contribution is 2.16. The van der Waals surface area contributed by atoms with E-state index in [9.17, 15) is 14.7 Å². The van der Waals surface area contributed by atoms with Crippen molar-refractivity contribution in [3.05, 3.63) is 0 Å². The van der Waals surface area contributed by atoms with Gasteiger partial charge >= 0.3 is 11.9 Å². The van der Waals surface area contributed by atoms with Crippen LogP contribution in [0.1, 0.15) is 265 Å². The van der Waals surface area contributed by atoms with E-state index in [1.54, 1.807) is 0 Å². The van der Waals surface area contributed by atoms with Crippen molar-refractivity contribution in [1.82, 2.24) is 4.90 Å². The van der Waals surface area contributed by atoms with Gasteiger partial charge in [-0.3, -0.25) is 9.59 Å². The molecule has 10 heteroatoms. The predicted molar refractivity (Wildman–Crippen MR) is 270 cm³/mol. The summed E-state index contributed by atoms with van der Waals surface area (Å²) in [6.45, 7) is 16.2. The van der Waals surface area contributed by atoms with Crippen molar-refractivity contribution in [2.45, 2.75) is 278 Å². The Morgan fingerprint density at radius 3 is 0.969 bits per heavy atom. The molecule has 388 valence electrons. The Morgan fingerprint density at radius 2 is 0.646 bits per heavy atom. The van der Waals surface area contributed by atoms with Crippen molar-refractivity contribution < 1.29 is 43.1 Å². The third kappa shape index (κ3) is 48.9. The van der Waals surface area contributed by atoms with Crippen LogP contribution in [0.4, 0.5) is 0 Å². The van der Waals surface area contributed by atoms with Gasteiger partial charge in [0.2, 0.25) is 0 Å². The number of aliphatic hydroxyl groups is 1. The number of carbonyl (C=O) groups excluding carboxylic acids is 2. The molecule has 0 aliphatic rings. The van der Waals surface area contributed by atoms with Gasteiger partial charge in [-0.15, -0.1) is 0 Å². The molecule has 65 heavy (non-hydrogen) atoms. The van der Waals surface area contributed by atoms with E-state index < -0.39 is 0 Å². The summed E-state index contributed by atoms with van der Waals surface area (Å²) >= 11 is 0. The highest BCUT2D eigenvalue weighted by molar-refractivity contribution is 5.69. The molecule has 0 unspecified atom stereocenters. The summed E-state index contributed by atoms with van der Waals surface area (Å²) in [5, 5.41) is 9.44. The molecule has 0 saturated carbocycles. The number of ether oxygens (including phenoxy) is 6. The quantitative estimate of drug-likeness (QED) is 0.0359. The zero-order chi connectivity index (χ0) is 47.4. The summed E-state index contributed by atoms with van der Waals surface area (Å²) in [7, 11) is 0. The molecule has 0 radical (unpaired) electrons. The van der Waals surface area contributed by atoms with Crippen LogP contribution in [0.3, 0.4) is 0 Å². The van der Waals surface area contributed by atoms with Crippen LogP contribution in [0.15, 0.2) is 0 Å². The molecule has 0 aromatic heterocycles. The third-order valence-corrected chi connectivity index (χ3v) is 12.2. The molecule has 0 aliphatic heterocycles. The normalized spacial score (nSPS) is 11.8. The first-order valence-electron chi connectivity index (χ1n) is 28.1. The second-order valence-electron chi connectivity index (χ2n) is 18.7. The van der Waals surface area contributed by atoms with Gasteiger partial charge in [0.1, 0.15) is 0 Å². The van der Waals surface area contributed by atoms with Gasteiger partial charge in [-0.25, -0.2) is 0 Å². The number of unbranched alkanes of at least 4 members (excludes halogenated alkanes) is 24. The molecule has 0 aliphatic carbocycles. The number of aliphatic hydroxyl groups excluding tert-OH is 1. The zero-order valence-electron chi connectivity index (χ0n) is 43.5. The molecule has 0 rings (SSSR count).